The van der Waals surface area contributed by atoms with Crippen molar-refractivity contribution in [3.63, 3.8) is 0 Å². The molecule has 2 unspecified atom stereocenters. The predicted molar refractivity (Wildman–Crippen MR) is 60.0 cm³/mol. The van der Waals surface area contributed by atoms with Crippen LogP contribution in [0.5, 0.6) is 0 Å². The lowest BCUT2D eigenvalue weighted by Gasteiger charge is -2.25. The number of nitrogens with zero attached hydrogens (tertiary/aromatic N) is 2. The Hall–Kier alpha value is -0.770. The van der Waals surface area contributed by atoms with Crippen LogP contribution in [0.15, 0.2) is 5.38 Å². The summed E-state index contributed by atoms with van der Waals surface area (Å²) in [5.74, 6) is 1.52. The molecule has 1 saturated carbocycles. The molecule has 0 spiro atoms. The number of rotatable bonds is 3. The zero-order valence-corrected chi connectivity index (χ0v) is 9.80. The first-order chi connectivity index (χ1) is 7.25. The normalized spacial score (nSPS) is 26.5. The van der Waals surface area contributed by atoms with Gasteiger partial charge in [-0.15, -0.1) is 5.10 Å². The summed E-state index contributed by atoms with van der Waals surface area (Å²) in [7, 11) is 0. The highest BCUT2D eigenvalue weighted by Gasteiger charge is 2.22. The molecule has 0 amide bonds. The zero-order chi connectivity index (χ0) is 10.7. The van der Waals surface area contributed by atoms with E-state index in [1.807, 2.05) is 0 Å². The first-order valence-electron chi connectivity index (χ1n) is 5.56. The third kappa shape index (κ3) is 2.84. The molecule has 1 aromatic rings. The summed E-state index contributed by atoms with van der Waals surface area (Å²) in [5.41, 5.74) is 0.554. The van der Waals surface area contributed by atoms with Gasteiger partial charge in [-0.3, -0.25) is 4.79 Å². The van der Waals surface area contributed by atoms with Gasteiger partial charge in [0.1, 0.15) is 5.69 Å². The molecule has 2 atom stereocenters. The summed E-state index contributed by atoms with van der Waals surface area (Å²) in [6.45, 7) is 2.28. The van der Waals surface area contributed by atoms with E-state index in [-0.39, 0.29) is 5.78 Å². The minimum atomic E-state index is 0.169. The summed E-state index contributed by atoms with van der Waals surface area (Å²) in [4.78, 5) is 11.8. The SMILES string of the molecule is CC1CCCC(CC(=O)c2csnn2)C1. The Morgan fingerprint density at radius 3 is 3.13 bits per heavy atom. The van der Waals surface area contributed by atoms with Crippen LogP contribution < -0.4 is 0 Å². The van der Waals surface area contributed by atoms with Crippen molar-refractivity contribution < 1.29 is 4.79 Å². The summed E-state index contributed by atoms with van der Waals surface area (Å²) < 4.78 is 3.72. The van der Waals surface area contributed by atoms with E-state index in [9.17, 15) is 4.79 Å². The maximum atomic E-state index is 11.8. The molecular formula is C11H16N2OS. The lowest BCUT2D eigenvalue weighted by atomic mass is 9.80. The molecule has 0 N–H and O–H groups in total. The molecule has 1 heterocycles. The molecule has 1 fully saturated rings. The smallest absolute Gasteiger partial charge is 0.184 e. The summed E-state index contributed by atoms with van der Waals surface area (Å²) in [6.07, 6.45) is 5.66. The average Bonchev–Trinajstić information content (AvgIpc) is 2.70. The first-order valence-corrected chi connectivity index (χ1v) is 6.39. The van der Waals surface area contributed by atoms with E-state index in [4.69, 9.17) is 0 Å². The van der Waals surface area contributed by atoms with Crippen molar-refractivity contribution in [3.8, 4) is 0 Å². The minimum Gasteiger partial charge on any atom is -0.292 e. The molecular weight excluding hydrogens is 208 g/mol. The fourth-order valence-corrected chi connectivity index (χ4v) is 2.86. The van der Waals surface area contributed by atoms with E-state index < -0.39 is 0 Å². The second kappa shape index (κ2) is 4.84. The molecule has 2 rings (SSSR count). The van der Waals surface area contributed by atoms with E-state index in [0.29, 0.717) is 18.0 Å². The molecule has 1 aliphatic rings. The molecule has 1 aromatic heterocycles. The number of ketones is 1. The van der Waals surface area contributed by atoms with Gasteiger partial charge in [-0.05, 0) is 36.2 Å². The molecule has 0 aliphatic heterocycles. The van der Waals surface area contributed by atoms with Crippen molar-refractivity contribution in [3.05, 3.63) is 11.1 Å². The highest BCUT2D eigenvalue weighted by atomic mass is 32.1. The summed E-state index contributed by atoms with van der Waals surface area (Å²) in [5, 5.41) is 5.56. The molecule has 0 bridgehead atoms. The molecule has 15 heavy (non-hydrogen) atoms. The highest BCUT2D eigenvalue weighted by molar-refractivity contribution is 7.03. The Morgan fingerprint density at radius 2 is 2.47 bits per heavy atom. The van der Waals surface area contributed by atoms with E-state index in [0.717, 1.165) is 5.92 Å². The Kier molecular flexibility index (Phi) is 3.46. The highest BCUT2D eigenvalue weighted by Crippen LogP contribution is 2.31. The lowest BCUT2D eigenvalue weighted by Crippen LogP contribution is -2.17. The number of carbonyl (C=O) groups is 1. The van der Waals surface area contributed by atoms with Gasteiger partial charge in [0, 0.05) is 11.8 Å². The minimum absolute atomic E-state index is 0.169. The van der Waals surface area contributed by atoms with Gasteiger partial charge < -0.3 is 0 Å². The molecule has 4 heteroatoms. The van der Waals surface area contributed by atoms with Crippen LogP contribution in [0.3, 0.4) is 0 Å². The van der Waals surface area contributed by atoms with Crippen LogP contribution >= 0.6 is 11.5 Å². The van der Waals surface area contributed by atoms with Gasteiger partial charge in [-0.25, -0.2) is 0 Å². The Bertz CT molecular complexity index is 323. The third-order valence-electron chi connectivity index (χ3n) is 3.16. The van der Waals surface area contributed by atoms with Gasteiger partial charge in [0.2, 0.25) is 0 Å². The Morgan fingerprint density at radius 1 is 1.60 bits per heavy atom. The number of hydrogen-bond acceptors (Lipinski definition) is 4. The molecule has 1 aliphatic carbocycles. The van der Waals surface area contributed by atoms with Crippen LogP contribution in [0.1, 0.15) is 49.5 Å². The number of hydrogen-bond donors (Lipinski definition) is 0. The van der Waals surface area contributed by atoms with Gasteiger partial charge in [0.25, 0.3) is 0 Å². The van der Waals surface area contributed by atoms with Crippen molar-refractivity contribution in [2.45, 2.75) is 39.0 Å². The number of Topliss-reactive ketones (excluding diaryl/α,β-unsaturated/α-hetero) is 1. The van der Waals surface area contributed by atoms with Gasteiger partial charge in [-0.2, -0.15) is 0 Å². The lowest BCUT2D eigenvalue weighted by molar-refractivity contribution is 0.0937. The van der Waals surface area contributed by atoms with Crippen LogP contribution in [0.4, 0.5) is 0 Å². The van der Waals surface area contributed by atoms with Gasteiger partial charge in [-0.1, -0.05) is 24.3 Å². The maximum Gasteiger partial charge on any atom is 0.184 e. The molecule has 82 valence electrons. The first kappa shape index (κ1) is 10.7. The van der Waals surface area contributed by atoms with Crippen molar-refractivity contribution in [2.75, 3.05) is 0 Å². The summed E-state index contributed by atoms with van der Waals surface area (Å²) >= 11 is 1.25. The fraction of sp³-hybridized carbons (Fsp3) is 0.727. The second-order valence-corrected chi connectivity index (χ2v) is 5.17. The second-order valence-electron chi connectivity index (χ2n) is 4.56. The Labute approximate surface area is 94.1 Å². The predicted octanol–water partition coefficient (Wildman–Crippen LogP) is 2.94. The van der Waals surface area contributed by atoms with E-state index >= 15 is 0 Å². The monoisotopic (exact) mass is 224 g/mol. The largest absolute Gasteiger partial charge is 0.292 e. The van der Waals surface area contributed by atoms with Crippen LogP contribution in [-0.4, -0.2) is 15.4 Å². The molecule has 3 nitrogen and oxygen atoms in total. The third-order valence-corrected chi connectivity index (χ3v) is 3.67. The average molecular weight is 224 g/mol. The van der Waals surface area contributed by atoms with Crippen molar-refractivity contribution in [1.29, 1.82) is 0 Å². The van der Waals surface area contributed by atoms with Crippen LogP contribution in [-0.2, 0) is 0 Å². The van der Waals surface area contributed by atoms with Crippen LogP contribution in [0.25, 0.3) is 0 Å². The maximum absolute atomic E-state index is 11.8. The van der Waals surface area contributed by atoms with E-state index in [1.165, 1.54) is 37.2 Å². The standard InChI is InChI=1S/C11H16N2OS/c1-8-3-2-4-9(5-8)6-11(14)10-7-15-13-12-10/h7-9H,2-6H2,1H3. The summed E-state index contributed by atoms with van der Waals surface area (Å²) in [6, 6.07) is 0. The zero-order valence-electron chi connectivity index (χ0n) is 8.98. The van der Waals surface area contributed by atoms with Crippen LogP contribution in [0.2, 0.25) is 0 Å². The van der Waals surface area contributed by atoms with Crippen molar-refractivity contribution in [2.24, 2.45) is 11.8 Å². The topological polar surface area (TPSA) is 42.9 Å². The van der Waals surface area contributed by atoms with Gasteiger partial charge >= 0.3 is 0 Å². The number of aromatic nitrogens is 2. The van der Waals surface area contributed by atoms with E-state index in [2.05, 4.69) is 16.5 Å². The van der Waals surface area contributed by atoms with Crippen molar-refractivity contribution >= 4 is 17.3 Å². The van der Waals surface area contributed by atoms with Gasteiger partial charge in [0.15, 0.2) is 5.78 Å². The fourth-order valence-electron chi connectivity index (χ4n) is 2.40. The number of carbonyl (C=O) groups excluding carboxylic acids is 1. The molecule has 0 aromatic carbocycles. The Balaban J connectivity index is 1.89. The molecule has 0 saturated heterocycles. The van der Waals surface area contributed by atoms with Crippen molar-refractivity contribution in [1.82, 2.24) is 9.59 Å². The quantitative estimate of drug-likeness (QED) is 0.741. The van der Waals surface area contributed by atoms with Crippen LogP contribution in [0, 0.1) is 11.8 Å². The van der Waals surface area contributed by atoms with E-state index in [1.54, 1.807) is 5.38 Å². The van der Waals surface area contributed by atoms with Gasteiger partial charge in [0.05, 0.1) is 0 Å². The molecule has 0 radical (unpaired) electrons.